The molecule has 0 atom stereocenters. The molecule has 0 fully saturated rings. The van der Waals surface area contributed by atoms with E-state index in [2.05, 4.69) is 10.3 Å². The third-order valence-electron chi connectivity index (χ3n) is 3.15. The van der Waals surface area contributed by atoms with Gasteiger partial charge in [-0.1, -0.05) is 23.2 Å². The molecule has 1 aromatic carbocycles. The zero-order valence-corrected chi connectivity index (χ0v) is 12.3. The van der Waals surface area contributed by atoms with Crippen molar-refractivity contribution < 1.29 is 4.39 Å². The maximum absolute atomic E-state index is 13.5. The quantitative estimate of drug-likeness (QED) is 0.875. The van der Waals surface area contributed by atoms with Crippen molar-refractivity contribution in [1.29, 1.82) is 0 Å². The van der Waals surface area contributed by atoms with E-state index in [1.54, 1.807) is 12.5 Å². The van der Waals surface area contributed by atoms with Crippen LogP contribution in [0.3, 0.4) is 0 Å². The Kier molecular flexibility index (Phi) is 3.85. The van der Waals surface area contributed by atoms with Crippen LogP contribution in [0.1, 0.15) is 19.5 Å². The van der Waals surface area contributed by atoms with Crippen LogP contribution in [-0.2, 0) is 5.54 Å². The molecule has 2 aromatic rings. The van der Waals surface area contributed by atoms with Gasteiger partial charge in [-0.05, 0) is 33.0 Å². The summed E-state index contributed by atoms with van der Waals surface area (Å²) in [7, 11) is 1.86. The van der Waals surface area contributed by atoms with Gasteiger partial charge < -0.3 is 9.88 Å². The van der Waals surface area contributed by atoms with Gasteiger partial charge in [0, 0.05) is 0 Å². The van der Waals surface area contributed by atoms with Crippen molar-refractivity contribution in [1.82, 2.24) is 14.9 Å². The molecule has 0 aliphatic heterocycles. The summed E-state index contributed by atoms with van der Waals surface area (Å²) in [6.07, 6.45) is 3.40. The van der Waals surface area contributed by atoms with E-state index in [1.807, 2.05) is 25.5 Å². The number of nitrogens with one attached hydrogen (secondary N) is 1. The molecule has 0 aliphatic carbocycles. The standard InChI is InChI=1S/C13H14Cl2FN3/c1-13(2,17-3)11-6-18-7-19(11)8-4-9(14)12(16)10(15)5-8/h4-7,17H,1-3H3. The van der Waals surface area contributed by atoms with Gasteiger partial charge >= 0.3 is 0 Å². The van der Waals surface area contributed by atoms with Crippen LogP contribution in [0.5, 0.6) is 0 Å². The van der Waals surface area contributed by atoms with Crippen LogP contribution in [0.15, 0.2) is 24.7 Å². The number of hydrogen-bond donors (Lipinski definition) is 1. The maximum Gasteiger partial charge on any atom is 0.160 e. The molecule has 1 aromatic heterocycles. The molecule has 19 heavy (non-hydrogen) atoms. The van der Waals surface area contributed by atoms with E-state index in [1.165, 1.54) is 12.1 Å². The van der Waals surface area contributed by atoms with Crippen LogP contribution in [0.2, 0.25) is 10.0 Å². The topological polar surface area (TPSA) is 29.9 Å². The molecule has 0 bridgehead atoms. The van der Waals surface area contributed by atoms with Crippen LogP contribution in [0, 0.1) is 5.82 Å². The van der Waals surface area contributed by atoms with E-state index in [4.69, 9.17) is 23.2 Å². The number of benzene rings is 1. The van der Waals surface area contributed by atoms with Gasteiger partial charge in [0.05, 0.1) is 39.5 Å². The summed E-state index contributed by atoms with van der Waals surface area (Å²) in [4.78, 5) is 4.14. The molecule has 2 rings (SSSR count). The number of halogens is 3. The van der Waals surface area contributed by atoms with E-state index in [0.29, 0.717) is 5.69 Å². The minimum atomic E-state index is -0.610. The van der Waals surface area contributed by atoms with E-state index in [0.717, 1.165) is 5.69 Å². The van der Waals surface area contributed by atoms with E-state index < -0.39 is 5.82 Å². The van der Waals surface area contributed by atoms with Crippen molar-refractivity contribution in [3.8, 4) is 5.69 Å². The summed E-state index contributed by atoms with van der Waals surface area (Å²) >= 11 is 11.7. The normalized spacial score (nSPS) is 11.9. The molecule has 0 radical (unpaired) electrons. The molecule has 6 heteroatoms. The Labute approximate surface area is 121 Å². The second-order valence-corrected chi connectivity index (χ2v) is 5.56. The van der Waals surface area contributed by atoms with Crippen LogP contribution >= 0.6 is 23.2 Å². The lowest BCUT2D eigenvalue weighted by molar-refractivity contribution is 0.424. The number of nitrogens with zero attached hydrogens (tertiary/aromatic N) is 2. The largest absolute Gasteiger partial charge is 0.310 e. The molecule has 0 saturated heterocycles. The average molecular weight is 302 g/mol. The molecule has 0 amide bonds. The minimum absolute atomic E-state index is 0.00980. The monoisotopic (exact) mass is 301 g/mol. The molecule has 1 heterocycles. The molecule has 1 N–H and O–H groups in total. The fourth-order valence-electron chi connectivity index (χ4n) is 1.77. The molecule has 102 valence electrons. The van der Waals surface area contributed by atoms with Gasteiger partial charge in [-0.15, -0.1) is 0 Å². The molecule has 0 aliphatic rings. The van der Waals surface area contributed by atoms with Gasteiger partial charge in [0.15, 0.2) is 5.82 Å². The first kappa shape index (κ1) is 14.3. The third kappa shape index (κ3) is 2.61. The first-order valence-electron chi connectivity index (χ1n) is 5.73. The zero-order chi connectivity index (χ0) is 14.2. The molecular formula is C13H14Cl2FN3. The summed E-state index contributed by atoms with van der Waals surface area (Å²) in [5, 5.41) is 3.17. The lowest BCUT2D eigenvalue weighted by Crippen LogP contribution is -2.35. The van der Waals surface area contributed by atoms with Crippen molar-refractivity contribution in [2.75, 3.05) is 7.05 Å². The van der Waals surface area contributed by atoms with Crippen molar-refractivity contribution in [3.05, 3.63) is 46.2 Å². The Morgan fingerprint density at radius 1 is 1.26 bits per heavy atom. The summed E-state index contributed by atoms with van der Waals surface area (Å²) in [6, 6.07) is 3.05. The highest BCUT2D eigenvalue weighted by molar-refractivity contribution is 6.35. The van der Waals surface area contributed by atoms with Crippen molar-refractivity contribution in [3.63, 3.8) is 0 Å². The maximum atomic E-state index is 13.5. The Morgan fingerprint density at radius 2 is 1.84 bits per heavy atom. The summed E-state index contributed by atoms with van der Waals surface area (Å²) < 4.78 is 15.3. The molecule has 0 saturated carbocycles. The predicted octanol–water partition coefficient (Wildman–Crippen LogP) is 3.77. The van der Waals surface area contributed by atoms with Crippen LogP contribution in [-0.4, -0.2) is 16.6 Å². The number of imidazole rings is 1. The van der Waals surface area contributed by atoms with Gasteiger partial charge in [0.25, 0.3) is 0 Å². The van der Waals surface area contributed by atoms with Crippen molar-refractivity contribution >= 4 is 23.2 Å². The van der Waals surface area contributed by atoms with Crippen molar-refractivity contribution in [2.24, 2.45) is 0 Å². The number of aromatic nitrogens is 2. The number of rotatable bonds is 3. The molecule has 0 spiro atoms. The minimum Gasteiger partial charge on any atom is -0.310 e. The average Bonchev–Trinajstić information content (AvgIpc) is 2.85. The van der Waals surface area contributed by atoms with Crippen LogP contribution in [0.4, 0.5) is 4.39 Å². The predicted molar refractivity (Wildman–Crippen MR) is 75.6 cm³/mol. The Morgan fingerprint density at radius 3 is 2.37 bits per heavy atom. The lowest BCUT2D eigenvalue weighted by atomic mass is 10.0. The molecule has 3 nitrogen and oxygen atoms in total. The Balaban J connectivity index is 2.58. The summed E-state index contributed by atoms with van der Waals surface area (Å²) in [6.45, 7) is 4.04. The fraction of sp³-hybridized carbons (Fsp3) is 0.308. The lowest BCUT2D eigenvalue weighted by Gasteiger charge is -2.25. The summed E-state index contributed by atoms with van der Waals surface area (Å²) in [5.74, 6) is -0.610. The second kappa shape index (κ2) is 5.12. The van der Waals surface area contributed by atoms with Crippen LogP contribution in [0.25, 0.3) is 5.69 Å². The van der Waals surface area contributed by atoms with Gasteiger partial charge in [-0.3, -0.25) is 0 Å². The van der Waals surface area contributed by atoms with E-state index >= 15 is 0 Å². The highest BCUT2D eigenvalue weighted by atomic mass is 35.5. The highest BCUT2D eigenvalue weighted by Crippen LogP contribution is 2.29. The molecule has 0 unspecified atom stereocenters. The second-order valence-electron chi connectivity index (χ2n) is 4.75. The van der Waals surface area contributed by atoms with E-state index in [-0.39, 0.29) is 15.6 Å². The van der Waals surface area contributed by atoms with E-state index in [9.17, 15) is 4.39 Å². The van der Waals surface area contributed by atoms with Gasteiger partial charge in [-0.2, -0.15) is 0 Å². The zero-order valence-electron chi connectivity index (χ0n) is 10.8. The SMILES string of the molecule is CNC(C)(C)c1cncn1-c1cc(Cl)c(F)c(Cl)c1. The van der Waals surface area contributed by atoms with Gasteiger partial charge in [-0.25, -0.2) is 9.37 Å². The van der Waals surface area contributed by atoms with Crippen LogP contribution < -0.4 is 5.32 Å². The Bertz CT molecular complexity index is 585. The highest BCUT2D eigenvalue weighted by Gasteiger charge is 2.23. The Hall–Kier alpha value is -1.10. The third-order valence-corrected chi connectivity index (χ3v) is 3.70. The first-order valence-corrected chi connectivity index (χ1v) is 6.49. The van der Waals surface area contributed by atoms with Gasteiger partial charge in [0.1, 0.15) is 0 Å². The summed E-state index contributed by atoms with van der Waals surface area (Å²) in [5.41, 5.74) is 1.31. The first-order chi connectivity index (χ1) is 8.86. The molecular weight excluding hydrogens is 288 g/mol. The fourth-order valence-corrected chi connectivity index (χ4v) is 2.25. The smallest absolute Gasteiger partial charge is 0.160 e. The number of hydrogen-bond acceptors (Lipinski definition) is 2. The van der Waals surface area contributed by atoms with Gasteiger partial charge in [0.2, 0.25) is 0 Å². The van der Waals surface area contributed by atoms with Crippen molar-refractivity contribution in [2.45, 2.75) is 19.4 Å².